The van der Waals surface area contributed by atoms with Crippen molar-refractivity contribution in [2.75, 3.05) is 27.2 Å². The van der Waals surface area contributed by atoms with E-state index in [2.05, 4.69) is 10.6 Å². The number of carbonyl (C=O) groups excluding carboxylic acids is 4. The molecule has 0 saturated carbocycles. The summed E-state index contributed by atoms with van der Waals surface area (Å²) in [5, 5.41) is 16.1. The third-order valence-electron chi connectivity index (χ3n) is 9.28. The van der Waals surface area contributed by atoms with Crippen molar-refractivity contribution in [1.82, 2.24) is 25.3 Å². The average molecular weight is 598 g/mol. The highest BCUT2D eigenvalue weighted by molar-refractivity contribution is 5.96. The monoisotopic (exact) mass is 597 g/mol. The standard InChI is InChI=1S/C32H47N5O6/c1-7-19(3)26(34-30(40)27(35(5)6)20(4)8-2)31(41)37-17-14-25-28(37)32(42)36-16-9-10-23(36)29(39)33-15-13-21-18-22(43-25)11-12-24(21)38/h11-13,15,18-20,23,25-28,38H,7-10,14,16-17H2,1-6H3,(H,33,39)(H,34,40)/b15-13-/t19-,20-,23-,25-,26-,27-,28-/m0/s1. The van der Waals surface area contributed by atoms with Gasteiger partial charge in [0.05, 0.1) is 6.04 Å². The molecule has 0 spiro atoms. The lowest BCUT2D eigenvalue weighted by Gasteiger charge is -2.36. The normalized spacial score (nSPS) is 25.6. The van der Waals surface area contributed by atoms with E-state index in [-0.39, 0.29) is 47.8 Å². The van der Waals surface area contributed by atoms with Crippen LogP contribution in [0.15, 0.2) is 24.4 Å². The third-order valence-corrected chi connectivity index (χ3v) is 9.28. The van der Waals surface area contributed by atoms with Gasteiger partial charge in [0.1, 0.15) is 35.7 Å². The molecule has 3 N–H and O–H groups in total. The fourth-order valence-electron chi connectivity index (χ4n) is 6.45. The van der Waals surface area contributed by atoms with Crippen LogP contribution in [0.2, 0.25) is 0 Å². The molecule has 1 aromatic carbocycles. The number of phenols is 1. The van der Waals surface area contributed by atoms with Crippen LogP contribution in [-0.2, 0) is 19.2 Å². The lowest BCUT2D eigenvalue weighted by molar-refractivity contribution is -0.150. The van der Waals surface area contributed by atoms with Crippen molar-refractivity contribution >= 4 is 29.7 Å². The zero-order valence-electron chi connectivity index (χ0n) is 26.2. The smallest absolute Gasteiger partial charge is 0.249 e. The summed E-state index contributed by atoms with van der Waals surface area (Å²) in [6, 6.07) is 1.85. The Morgan fingerprint density at radius 1 is 1.12 bits per heavy atom. The molecule has 0 radical (unpaired) electrons. The van der Waals surface area contributed by atoms with E-state index in [0.29, 0.717) is 43.5 Å². The lowest BCUT2D eigenvalue weighted by Crippen LogP contribution is -2.61. The van der Waals surface area contributed by atoms with Gasteiger partial charge in [-0.3, -0.25) is 24.1 Å². The Bertz CT molecular complexity index is 1230. The number of ether oxygens (including phenoxy) is 1. The Hall–Kier alpha value is -3.60. The summed E-state index contributed by atoms with van der Waals surface area (Å²) >= 11 is 0. The van der Waals surface area contributed by atoms with Crippen molar-refractivity contribution in [3.05, 3.63) is 30.0 Å². The number of hydrogen-bond acceptors (Lipinski definition) is 7. The number of aromatic hydroxyl groups is 1. The predicted octanol–water partition coefficient (Wildman–Crippen LogP) is 2.34. The summed E-state index contributed by atoms with van der Waals surface area (Å²) < 4.78 is 6.35. The number of rotatable bonds is 8. The summed E-state index contributed by atoms with van der Waals surface area (Å²) in [6.07, 6.45) is 5.38. The number of fused-ring (bicyclic) bond motifs is 4. The van der Waals surface area contributed by atoms with E-state index in [1.54, 1.807) is 28.0 Å². The van der Waals surface area contributed by atoms with Crippen LogP contribution in [0.25, 0.3) is 6.08 Å². The number of benzene rings is 1. The van der Waals surface area contributed by atoms with Gasteiger partial charge in [0, 0.05) is 31.3 Å². The van der Waals surface area contributed by atoms with Gasteiger partial charge in [-0.15, -0.1) is 0 Å². The first kappa shape index (κ1) is 32.3. The van der Waals surface area contributed by atoms with E-state index in [9.17, 15) is 24.3 Å². The highest BCUT2D eigenvalue weighted by Crippen LogP contribution is 2.32. The second-order valence-electron chi connectivity index (χ2n) is 12.3. The summed E-state index contributed by atoms with van der Waals surface area (Å²) in [5.41, 5.74) is 0.449. The molecule has 3 aliphatic rings. The summed E-state index contributed by atoms with van der Waals surface area (Å²) in [4.78, 5) is 60.4. The van der Waals surface area contributed by atoms with Gasteiger partial charge in [0.15, 0.2) is 0 Å². The minimum Gasteiger partial charge on any atom is -0.507 e. The van der Waals surface area contributed by atoms with Crippen LogP contribution < -0.4 is 15.4 Å². The molecule has 11 nitrogen and oxygen atoms in total. The molecule has 236 valence electrons. The molecule has 2 saturated heterocycles. The number of phenolic OH excluding ortho intramolecular Hbond substituents is 1. The molecule has 0 unspecified atom stereocenters. The van der Waals surface area contributed by atoms with E-state index in [1.165, 1.54) is 12.3 Å². The molecule has 2 fully saturated rings. The summed E-state index contributed by atoms with van der Waals surface area (Å²) in [5.74, 6) is -0.855. The van der Waals surface area contributed by atoms with E-state index < -0.39 is 30.3 Å². The predicted molar refractivity (Wildman–Crippen MR) is 163 cm³/mol. The Balaban J connectivity index is 1.70. The molecule has 43 heavy (non-hydrogen) atoms. The molecule has 2 bridgehead atoms. The van der Waals surface area contributed by atoms with Crippen LogP contribution in [0.3, 0.4) is 0 Å². The average Bonchev–Trinajstić information content (AvgIpc) is 3.63. The van der Waals surface area contributed by atoms with Crippen molar-refractivity contribution < 1.29 is 29.0 Å². The number of carbonyl (C=O) groups is 4. The molecule has 0 aliphatic carbocycles. The molecule has 0 aromatic heterocycles. The number of likely N-dealkylation sites (tertiary alicyclic amines) is 1. The molecular formula is C32H47N5O6. The quantitative estimate of drug-likeness (QED) is 0.419. The first-order chi connectivity index (χ1) is 20.5. The van der Waals surface area contributed by atoms with Gasteiger partial charge in [-0.25, -0.2) is 0 Å². The molecule has 3 aliphatic heterocycles. The van der Waals surface area contributed by atoms with E-state index in [0.717, 1.165) is 6.42 Å². The maximum Gasteiger partial charge on any atom is 0.249 e. The van der Waals surface area contributed by atoms with Crippen LogP contribution >= 0.6 is 0 Å². The van der Waals surface area contributed by atoms with Gasteiger partial charge < -0.3 is 30.3 Å². The number of amides is 4. The largest absolute Gasteiger partial charge is 0.507 e. The summed E-state index contributed by atoms with van der Waals surface area (Å²) in [7, 11) is 3.72. The number of nitrogens with zero attached hydrogens (tertiary/aromatic N) is 3. The topological polar surface area (TPSA) is 132 Å². The molecule has 7 atom stereocenters. The van der Waals surface area contributed by atoms with Crippen LogP contribution in [-0.4, -0.2) is 101 Å². The van der Waals surface area contributed by atoms with Gasteiger partial charge >= 0.3 is 0 Å². The molecule has 4 rings (SSSR count). The Morgan fingerprint density at radius 3 is 2.51 bits per heavy atom. The lowest BCUT2D eigenvalue weighted by atomic mass is 9.94. The molecule has 11 heteroatoms. The minimum absolute atomic E-state index is 0.0200. The Morgan fingerprint density at radius 2 is 1.84 bits per heavy atom. The number of likely N-dealkylation sites (N-methyl/N-ethyl adjacent to an activating group) is 1. The van der Waals surface area contributed by atoms with Crippen LogP contribution in [0.4, 0.5) is 0 Å². The van der Waals surface area contributed by atoms with E-state index >= 15 is 0 Å². The minimum atomic E-state index is -0.977. The van der Waals surface area contributed by atoms with Gasteiger partial charge in [-0.1, -0.05) is 40.5 Å². The van der Waals surface area contributed by atoms with E-state index in [4.69, 9.17) is 4.74 Å². The molecular weight excluding hydrogens is 550 g/mol. The van der Waals surface area contributed by atoms with E-state index in [1.807, 2.05) is 46.7 Å². The second kappa shape index (κ2) is 13.8. The van der Waals surface area contributed by atoms with Crippen LogP contribution in [0.1, 0.15) is 65.4 Å². The number of nitrogens with one attached hydrogen (secondary N) is 2. The van der Waals surface area contributed by atoms with Gasteiger partial charge in [0.25, 0.3) is 0 Å². The van der Waals surface area contributed by atoms with Crippen molar-refractivity contribution in [2.24, 2.45) is 11.8 Å². The van der Waals surface area contributed by atoms with Crippen molar-refractivity contribution in [3.63, 3.8) is 0 Å². The second-order valence-corrected chi connectivity index (χ2v) is 12.3. The zero-order chi connectivity index (χ0) is 31.4. The maximum absolute atomic E-state index is 14.4. The fourth-order valence-corrected chi connectivity index (χ4v) is 6.45. The van der Waals surface area contributed by atoms with Crippen molar-refractivity contribution in [1.29, 1.82) is 0 Å². The van der Waals surface area contributed by atoms with Gasteiger partial charge in [0.2, 0.25) is 23.6 Å². The third kappa shape index (κ3) is 6.82. The Labute approximate surface area is 254 Å². The highest BCUT2D eigenvalue weighted by Gasteiger charge is 2.50. The SMILES string of the molecule is CC[C@H](C)[C@H](NC(=O)[C@H]([C@@H](C)CC)N(C)C)C(=O)N1CC[C@@H]2Oc3ccc(O)c(c3)/C=C\NC(=O)[C@@H]3CCCN3C(=O)[C@H]21. The zero-order valence-corrected chi connectivity index (χ0v) is 26.2. The molecule has 3 heterocycles. The number of hydrogen-bond donors (Lipinski definition) is 3. The van der Waals surface area contributed by atoms with Crippen LogP contribution in [0, 0.1) is 11.8 Å². The van der Waals surface area contributed by atoms with Crippen LogP contribution in [0.5, 0.6) is 11.5 Å². The summed E-state index contributed by atoms with van der Waals surface area (Å²) in [6.45, 7) is 8.61. The maximum atomic E-state index is 14.4. The highest BCUT2D eigenvalue weighted by atomic mass is 16.5. The van der Waals surface area contributed by atoms with Gasteiger partial charge in [-0.05, 0) is 63.0 Å². The molecule has 4 amide bonds. The van der Waals surface area contributed by atoms with Crippen molar-refractivity contribution in [3.8, 4) is 11.5 Å². The molecule has 1 aromatic rings. The fraction of sp³-hybridized carbons (Fsp3) is 0.625. The first-order valence-corrected chi connectivity index (χ1v) is 15.5. The Kier molecular flexibility index (Phi) is 10.4. The van der Waals surface area contributed by atoms with Gasteiger partial charge in [-0.2, -0.15) is 0 Å². The van der Waals surface area contributed by atoms with Crippen molar-refractivity contribution in [2.45, 2.75) is 90.1 Å². The first-order valence-electron chi connectivity index (χ1n) is 15.5.